The fourth-order valence-electron chi connectivity index (χ4n) is 3.25. The molecule has 0 spiro atoms. The van der Waals surface area contributed by atoms with Crippen LogP contribution in [0.1, 0.15) is 58.3 Å². The van der Waals surface area contributed by atoms with Gasteiger partial charge in [0.1, 0.15) is 12.1 Å². The molecule has 0 aromatic carbocycles. The lowest BCUT2D eigenvalue weighted by Crippen LogP contribution is -2.66. The number of nitrogens with zero attached hydrogens (tertiary/aromatic N) is 2. The molecule has 7 nitrogen and oxygen atoms in total. The van der Waals surface area contributed by atoms with Crippen molar-refractivity contribution in [3.63, 3.8) is 0 Å². The van der Waals surface area contributed by atoms with Gasteiger partial charge in [-0.3, -0.25) is 24.8 Å². The number of quaternary nitrogens is 1. The molecule has 0 aromatic rings. The first-order valence-electron chi connectivity index (χ1n) is 9.07. The Morgan fingerprint density at radius 2 is 1.96 bits per heavy atom. The number of hydrogen-bond acceptors (Lipinski definition) is 4. The third-order valence-corrected chi connectivity index (χ3v) is 4.82. The molecule has 1 saturated carbocycles. The van der Waals surface area contributed by atoms with Crippen molar-refractivity contribution in [1.82, 2.24) is 10.2 Å². The van der Waals surface area contributed by atoms with Gasteiger partial charge in [-0.1, -0.05) is 32.6 Å². The van der Waals surface area contributed by atoms with E-state index in [0.717, 1.165) is 56.3 Å². The Bertz CT molecular complexity index is 506. The smallest absolute Gasteiger partial charge is 0.330 e. The summed E-state index contributed by atoms with van der Waals surface area (Å²) in [7, 11) is 0. The summed E-state index contributed by atoms with van der Waals surface area (Å²) < 4.78 is 0. The number of carbonyl (C=O) groups is 3. The predicted molar refractivity (Wildman–Crippen MR) is 90.3 cm³/mol. The summed E-state index contributed by atoms with van der Waals surface area (Å²) in [4.78, 5) is 42.0. The Hall–Kier alpha value is -1.76. The molecule has 7 heteroatoms. The van der Waals surface area contributed by atoms with Crippen LogP contribution in [0.5, 0.6) is 0 Å². The molecule has 4 N–H and O–H groups in total. The van der Waals surface area contributed by atoms with Crippen LogP contribution >= 0.6 is 0 Å². The van der Waals surface area contributed by atoms with E-state index in [1.54, 1.807) is 0 Å². The molecule has 2 aliphatic rings. The van der Waals surface area contributed by atoms with Gasteiger partial charge in [0, 0.05) is 19.2 Å². The van der Waals surface area contributed by atoms with Gasteiger partial charge in [0.2, 0.25) is 11.8 Å². The zero-order valence-electron chi connectivity index (χ0n) is 14.5. The largest absolute Gasteiger partial charge is 0.353 e. The first-order valence-corrected chi connectivity index (χ1v) is 9.07. The van der Waals surface area contributed by atoms with Gasteiger partial charge >= 0.3 is 6.03 Å². The molecule has 0 unspecified atom stereocenters. The summed E-state index contributed by atoms with van der Waals surface area (Å²) >= 11 is 0. The van der Waals surface area contributed by atoms with E-state index in [4.69, 9.17) is 0 Å². The van der Waals surface area contributed by atoms with Gasteiger partial charge in [-0.25, -0.2) is 4.79 Å². The number of carbonyl (C=O) groups excluding carboxylic acids is 3. The molecule has 2 fully saturated rings. The second kappa shape index (κ2) is 8.92. The molecule has 1 saturated heterocycles. The van der Waals surface area contributed by atoms with Crippen molar-refractivity contribution in [2.75, 3.05) is 6.54 Å². The topological polar surface area (TPSA) is 106 Å². The number of imide groups is 2. The SMILES string of the molecule is CCCCCCN1C(=O)NC(=O)[C@H](C=N[C@H]2CCCC[C@H]2[NH3+])C1=O. The first kappa shape index (κ1) is 18.6. The number of hydrogen-bond donors (Lipinski definition) is 2. The van der Waals surface area contributed by atoms with E-state index in [9.17, 15) is 14.4 Å². The van der Waals surface area contributed by atoms with Gasteiger partial charge < -0.3 is 5.73 Å². The minimum atomic E-state index is -0.997. The quantitative estimate of drug-likeness (QED) is 0.409. The summed E-state index contributed by atoms with van der Waals surface area (Å²) in [6.07, 6.45) is 9.52. The Labute approximate surface area is 143 Å². The molecule has 4 amide bonds. The van der Waals surface area contributed by atoms with Crippen LogP contribution in [-0.2, 0) is 9.59 Å². The van der Waals surface area contributed by atoms with Crippen LogP contribution in [0.2, 0.25) is 0 Å². The molecular formula is C17H29N4O3+. The lowest BCUT2D eigenvalue weighted by Gasteiger charge is -2.29. The lowest BCUT2D eigenvalue weighted by molar-refractivity contribution is -0.428. The van der Waals surface area contributed by atoms with E-state index in [0.29, 0.717) is 6.54 Å². The van der Waals surface area contributed by atoms with Gasteiger partial charge in [0.15, 0.2) is 5.92 Å². The summed E-state index contributed by atoms with van der Waals surface area (Å²) in [5, 5.41) is 2.27. The number of urea groups is 1. The highest BCUT2D eigenvalue weighted by Gasteiger charge is 2.39. The maximum absolute atomic E-state index is 12.5. The molecule has 2 rings (SSSR count). The van der Waals surface area contributed by atoms with Crippen molar-refractivity contribution in [2.24, 2.45) is 10.9 Å². The molecule has 1 heterocycles. The Kier molecular flexibility index (Phi) is 6.90. The third kappa shape index (κ3) is 4.63. The standard InChI is InChI=1S/C17H28N4O3/c1-2-3-4-7-10-21-16(23)12(15(22)20-17(21)24)11-19-14-9-6-5-8-13(14)18/h11-14H,2-10,18H2,1H3,(H,20,22,24)/p+1/t12-,13+,14-/m0/s1. The molecule has 3 atom stereocenters. The maximum Gasteiger partial charge on any atom is 0.330 e. The minimum Gasteiger partial charge on any atom is -0.353 e. The normalized spacial score (nSPS) is 28.5. The Morgan fingerprint density at radius 1 is 1.21 bits per heavy atom. The van der Waals surface area contributed by atoms with Crippen LogP contribution in [0, 0.1) is 5.92 Å². The summed E-state index contributed by atoms with van der Waals surface area (Å²) in [5.41, 5.74) is 4.10. The van der Waals surface area contributed by atoms with E-state index in [1.807, 2.05) is 0 Å². The van der Waals surface area contributed by atoms with Crippen molar-refractivity contribution >= 4 is 24.1 Å². The number of barbiturate groups is 1. The fourth-order valence-corrected chi connectivity index (χ4v) is 3.25. The number of rotatable bonds is 7. The van der Waals surface area contributed by atoms with Crippen LogP contribution in [0.15, 0.2) is 4.99 Å². The summed E-state index contributed by atoms with van der Waals surface area (Å²) in [5.74, 6) is -2.03. The summed E-state index contributed by atoms with van der Waals surface area (Å²) in [6, 6.07) is -0.322. The average Bonchev–Trinajstić information content (AvgIpc) is 2.55. The van der Waals surface area contributed by atoms with Crippen molar-refractivity contribution in [1.29, 1.82) is 0 Å². The van der Waals surface area contributed by atoms with Gasteiger partial charge in [0.05, 0.1) is 0 Å². The van der Waals surface area contributed by atoms with Crippen LogP contribution < -0.4 is 11.1 Å². The molecule has 1 aliphatic carbocycles. The zero-order chi connectivity index (χ0) is 17.5. The second-order valence-corrected chi connectivity index (χ2v) is 6.73. The van der Waals surface area contributed by atoms with Crippen LogP contribution in [0.25, 0.3) is 0 Å². The average molecular weight is 337 g/mol. The fraction of sp³-hybridized carbons (Fsp3) is 0.765. The van der Waals surface area contributed by atoms with E-state index in [1.165, 1.54) is 6.21 Å². The van der Waals surface area contributed by atoms with Crippen LogP contribution in [-0.4, -0.2) is 47.6 Å². The highest BCUT2D eigenvalue weighted by molar-refractivity contribution is 6.23. The highest BCUT2D eigenvalue weighted by Crippen LogP contribution is 2.19. The number of aliphatic imine (C=N–C) groups is 1. The van der Waals surface area contributed by atoms with Gasteiger partial charge in [-0.2, -0.15) is 0 Å². The molecule has 24 heavy (non-hydrogen) atoms. The lowest BCUT2D eigenvalue weighted by atomic mass is 9.91. The molecule has 0 radical (unpaired) electrons. The van der Waals surface area contributed by atoms with Gasteiger partial charge in [-0.15, -0.1) is 0 Å². The van der Waals surface area contributed by atoms with Crippen molar-refractivity contribution in [3.05, 3.63) is 0 Å². The van der Waals surface area contributed by atoms with Crippen LogP contribution in [0.4, 0.5) is 4.79 Å². The van der Waals surface area contributed by atoms with Crippen molar-refractivity contribution in [3.8, 4) is 0 Å². The van der Waals surface area contributed by atoms with Crippen molar-refractivity contribution < 1.29 is 20.1 Å². The van der Waals surface area contributed by atoms with E-state index < -0.39 is 23.8 Å². The predicted octanol–water partition coefficient (Wildman–Crippen LogP) is 0.885. The summed E-state index contributed by atoms with van der Waals surface area (Å²) in [6.45, 7) is 2.45. The van der Waals surface area contributed by atoms with Crippen LogP contribution in [0.3, 0.4) is 0 Å². The molecule has 1 aliphatic heterocycles. The minimum absolute atomic E-state index is 0.0648. The van der Waals surface area contributed by atoms with E-state index in [2.05, 4.69) is 23.0 Å². The van der Waals surface area contributed by atoms with E-state index in [-0.39, 0.29) is 12.1 Å². The molecule has 134 valence electrons. The number of nitrogens with one attached hydrogen (secondary N) is 1. The zero-order valence-corrected chi connectivity index (χ0v) is 14.5. The molecule has 0 bridgehead atoms. The highest BCUT2D eigenvalue weighted by atomic mass is 16.2. The third-order valence-electron chi connectivity index (χ3n) is 4.82. The maximum atomic E-state index is 12.5. The van der Waals surface area contributed by atoms with Gasteiger partial charge in [0.25, 0.3) is 0 Å². The first-order chi connectivity index (χ1) is 11.5. The number of unbranched alkanes of at least 4 members (excludes halogenated alkanes) is 3. The van der Waals surface area contributed by atoms with Crippen molar-refractivity contribution in [2.45, 2.75) is 70.4 Å². The Morgan fingerprint density at radius 3 is 2.67 bits per heavy atom. The number of amides is 4. The Balaban J connectivity index is 1.98. The van der Waals surface area contributed by atoms with Gasteiger partial charge in [-0.05, 0) is 19.3 Å². The van der Waals surface area contributed by atoms with E-state index >= 15 is 0 Å². The second-order valence-electron chi connectivity index (χ2n) is 6.73. The molecular weight excluding hydrogens is 308 g/mol. The monoisotopic (exact) mass is 337 g/mol. The molecule has 0 aromatic heterocycles.